The van der Waals surface area contributed by atoms with Crippen LogP contribution >= 0.6 is 11.6 Å². The minimum atomic E-state index is -0.336. The molecule has 0 spiro atoms. The molecular weight excluding hydrogens is 251 g/mol. The molecule has 0 bridgehead atoms. The van der Waals surface area contributed by atoms with Crippen molar-refractivity contribution in [1.29, 1.82) is 0 Å². The summed E-state index contributed by atoms with van der Waals surface area (Å²) in [5.41, 5.74) is 2.71. The van der Waals surface area contributed by atoms with Crippen molar-refractivity contribution in [2.24, 2.45) is 0 Å². The van der Waals surface area contributed by atoms with Crippen molar-refractivity contribution in [2.75, 3.05) is 5.32 Å². The van der Waals surface area contributed by atoms with Gasteiger partial charge in [0.25, 0.3) is 0 Å². The first kappa shape index (κ1) is 12.8. The van der Waals surface area contributed by atoms with E-state index in [2.05, 4.69) is 10.3 Å². The first-order valence-electron chi connectivity index (χ1n) is 5.70. The Kier molecular flexibility index (Phi) is 3.82. The van der Waals surface area contributed by atoms with Crippen LogP contribution in [0.15, 0.2) is 36.7 Å². The maximum absolute atomic E-state index is 13.1. The molecule has 1 aromatic heterocycles. The van der Waals surface area contributed by atoms with Crippen molar-refractivity contribution in [3.63, 3.8) is 0 Å². The van der Waals surface area contributed by atoms with E-state index in [1.165, 1.54) is 12.3 Å². The highest BCUT2D eigenvalue weighted by atomic mass is 35.5. The molecule has 1 unspecified atom stereocenters. The lowest BCUT2D eigenvalue weighted by atomic mass is 10.1. The molecule has 0 saturated heterocycles. The summed E-state index contributed by atoms with van der Waals surface area (Å²) in [5, 5.41) is 3.94. The first-order valence-corrected chi connectivity index (χ1v) is 6.08. The molecule has 0 saturated carbocycles. The molecular formula is C14H14ClFN2. The summed E-state index contributed by atoms with van der Waals surface area (Å²) in [4.78, 5) is 3.84. The van der Waals surface area contributed by atoms with Gasteiger partial charge in [-0.25, -0.2) is 4.39 Å². The minimum absolute atomic E-state index is 0.0631. The van der Waals surface area contributed by atoms with Crippen LogP contribution in [0.4, 0.5) is 10.1 Å². The molecule has 1 heterocycles. The number of anilines is 1. The summed E-state index contributed by atoms with van der Waals surface area (Å²) in [6.07, 6.45) is 2.84. The summed E-state index contributed by atoms with van der Waals surface area (Å²) < 4.78 is 13.1. The van der Waals surface area contributed by atoms with Gasteiger partial charge in [0, 0.05) is 6.20 Å². The summed E-state index contributed by atoms with van der Waals surface area (Å²) in [6, 6.07) is 7.11. The lowest BCUT2D eigenvalue weighted by Gasteiger charge is -2.18. The zero-order valence-electron chi connectivity index (χ0n) is 10.2. The predicted molar refractivity (Wildman–Crippen MR) is 72.4 cm³/mol. The maximum Gasteiger partial charge on any atom is 0.141 e. The Morgan fingerprint density at radius 3 is 2.78 bits per heavy atom. The highest BCUT2D eigenvalue weighted by molar-refractivity contribution is 6.33. The number of rotatable bonds is 3. The Morgan fingerprint density at radius 2 is 2.11 bits per heavy atom. The van der Waals surface area contributed by atoms with Crippen LogP contribution < -0.4 is 5.32 Å². The smallest absolute Gasteiger partial charge is 0.141 e. The standard InChI is InChI=1S/C14H14ClFN2/c1-9-4-3-5-13(15)14(9)18-10(2)11-6-12(16)8-17-7-11/h3-8,10,18H,1-2H3. The molecule has 1 atom stereocenters. The van der Waals surface area contributed by atoms with E-state index in [4.69, 9.17) is 11.6 Å². The second kappa shape index (κ2) is 5.36. The van der Waals surface area contributed by atoms with E-state index < -0.39 is 0 Å². The fraction of sp³-hybridized carbons (Fsp3) is 0.214. The molecule has 1 N–H and O–H groups in total. The number of pyridine rings is 1. The SMILES string of the molecule is Cc1cccc(Cl)c1NC(C)c1cncc(F)c1. The Hall–Kier alpha value is -1.61. The van der Waals surface area contributed by atoms with Crippen LogP contribution in [0, 0.1) is 12.7 Å². The fourth-order valence-corrected chi connectivity index (χ4v) is 2.06. The second-order valence-electron chi connectivity index (χ2n) is 4.23. The average Bonchev–Trinajstić information content (AvgIpc) is 2.34. The van der Waals surface area contributed by atoms with E-state index in [0.717, 1.165) is 16.8 Å². The predicted octanol–water partition coefficient (Wildman–Crippen LogP) is 4.36. The molecule has 0 aliphatic carbocycles. The number of halogens is 2. The average molecular weight is 265 g/mol. The van der Waals surface area contributed by atoms with Gasteiger partial charge in [-0.15, -0.1) is 0 Å². The largest absolute Gasteiger partial charge is 0.377 e. The van der Waals surface area contributed by atoms with Crippen molar-refractivity contribution >= 4 is 17.3 Å². The van der Waals surface area contributed by atoms with Gasteiger partial charge in [0.05, 0.1) is 22.9 Å². The van der Waals surface area contributed by atoms with Crippen molar-refractivity contribution in [1.82, 2.24) is 4.98 Å². The Bertz CT molecular complexity index is 537. The van der Waals surface area contributed by atoms with Crippen LogP contribution in [0.3, 0.4) is 0 Å². The Morgan fingerprint density at radius 1 is 1.33 bits per heavy atom. The van der Waals surface area contributed by atoms with Crippen LogP contribution in [-0.2, 0) is 0 Å². The highest BCUT2D eigenvalue weighted by Gasteiger charge is 2.10. The Balaban J connectivity index is 2.24. The summed E-state index contributed by atoms with van der Waals surface area (Å²) in [7, 11) is 0. The number of nitrogens with one attached hydrogen (secondary N) is 1. The number of aryl methyl sites for hydroxylation is 1. The van der Waals surface area contributed by atoms with Crippen LogP contribution in [0.25, 0.3) is 0 Å². The molecule has 2 aromatic rings. The normalized spacial score (nSPS) is 12.2. The summed E-state index contributed by atoms with van der Waals surface area (Å²) in [5.74, 6) is -0.336. The molecule has 4 heteroatoms. The number of benzene rings is 1. The third-order valence-electron chi connectivity index (χ3n) is 2.81. The lowest BCUT2D eigenvalue weighted by Crippen LogP contribution is -2.08. The lowest BCUT2D eigenvalue weighted by molar-refractivity contribution is 0.616. The quantitative estimate of drug-likeness (QED) is 0.891. The van der Waals surface area contributed by atoms with E-state index in [9.17, 15) is 4.39 Å². The van der Waals surface area contributed by atoms with E-state index in [1.54, 1.807) is 6.20 Å². The zero-order chi connectivity index (χ0) is 13.1. The number of para-hydroxylation sites is 1. The van der Waals surface area contributed by atoms with E-state index in [1.807, 2.05) is 32.0 Å². The maximum atomic E-state index is 13.1. The third-order valence-corrected chi connectivity index (χ3v) is 3.12. The number of nitrogens with zero attached hydrogens (tertiary/aromatic N) is 1. The van der Waals surface area contributed by atoms with Crippen LogP contribution in [0.2, 0.25) is 5.02 Å². The monoisotopic (exact) mass is 264 g/mol. The second-order valence-corrected chi connectivity index (χ2v) is 4.64. The van der Waals surface area contributed by atoms with Gasteiger partial charge in [-0.05, 0) is 37.1 Å². The number of aromatic nitrogens is 1. The number of hydrogen-bond donors (Lipinski definition) is 1. The molecule has 18 heavy (non-hydrogen) atoms. The van der Waals surface area contributed by atoms with Crippen molar-refractivity contribution in [2.45, 2.75) is 19.9 Å². The van der Waals surface area contributed by atoms with Crippen molar-refractivity contribution in [3.05, 3.63) is 58.6 Å². The zero-order valence-corrected chi connectivity index (χ0v) is 11.0. The third kappa shape index (κ3) is 2.79. The van der Waals surface area contributed by atoms with Gasteiger partial charge in [-0.3, -0.25) is 4.98 Å². The number of hydrogen-bond acceptors (Lipinski definition) is 2. The highest BCUT2D eigenvalue weighted by Crippen LogP contribution is 2.29. The van der Waals surface area contributed by atoms with Crippen molar-refractivity contribution in [3.8, 4) is 0 Å². The van der Waals surface area contributed by atoms with E-state index >= 15 is 0 Å². The van der Waals surface area contributed by atoms with Crippen molar-refractivity contribution < 1.29 is 4.39 Å². The Labute approximate surface area is 111 Å². The van der Waals surface area contributed by atoms with Crippen LogP contribution in [0.1, 0.15) is 24.1 Å². The van der Waals surface area contributed by atoms with E-state index in [-0.39, 0.29) is 11.9 Å². The molecule has 0 fully saturated rings. The molecule has 0 aliphatic heterocycles. The molecule has 0 aliphatic rings. The van der Waals surface area contributed by atoms with E-state index in [0.29, 0.717) is 5.02 Å². The van der Waals surface area contributed by atoms with Gasteiger partial charge in [0.2, 0.25) is 0 Å². The van der Waals surface area contributed by atoms with Crippen LogP contribution in [0.5, 0.6) is 0 Å². The van der Waals surface area contributed by atoms with Gasteiger partial charge in [-0.2, -0.15) is 0 Å². The molecule has 0 radical (unpaired) electrons. The fourth-order valence-electron chi connectivity index (χ4n) is 1.78. The summed E-state index contributed by atoms with van der Waals surface area (Å²) in [6.45, 7) is 3.92. The van der Waals surface area contributed by atoms with Gasteiger partial charge in [0.1, 0.15) is 5.82 Å². The first-order chi connectivity index (χ1) is 8.58. The van der Waals surface area contributed by atoms with Gasteiger partial charge in [-0.1, -0.05) is 23.7 Å². The molecule has 94 valence electrons. The van der Waals surface area contributed by atoms with Gasteiger partial charge in [0.15, 0.2) is 0 Å². The van der Waals surface area contributed by atoms with Crippen LogP contribution in [-0.4, -0.2) is 4.98 Å². The topological polar surface area (TPSA) is 24.9 Å². The minimum Gasteiger partial charge on any atom is -0.377 e. The molecule has 1 aromatic carbocycles. The van der Waals surface area contributed by atoms with Gasteiger partial charge >= 0.3 is 0 Å². The molecule has 2 rings (SSSR count). The summed E-state index contributed by atoms with van der Waals surface area (Å²) >= 11 is 6.14. The molecule has 2 nitrogen and oxygen atoms in total. The van der Waals surface area contributed by atoms with Gasteiger partial charge < -0.3 is 5.32 Å². The molecule has 0 amide bonds.